The van der Waals surface area contributed by atoms with Crippen molar-refractivity contribution in [1.82, 2.24) is 0 Å². The third-order valence-electron chi connectivity index (χ3n) is 5.73. The Balaban J connectivity index is 1.53. The van der Waals surface area contributed by atoms with Gasteiger partial charge in [-0.05, 0) is 86.8 Å². The Hall–Kier alpha value is -1.30. The van der Waals surface area contributed by atoms with Crippen LogP contribution in [0.1, 0.15) is 75.8 Å². The topological polar surface area (TPSA) is 0 Å². The first-order valence-electron chi connectivity index (χ1n) is 9.21. The molecule has 0 aromatic heterocycles. The maximum atomic E-state index is 2.49. The predicted octanol–water partition coefficient (Wildman–Crippen LogP) is 6.58. The van der Waals surface area contributed by atoms with Crippen molar-refractivity contribution in [2.75, 3.05) is 0 Å². The van der Waals surface area contributed by atoms with Crippen LogP contribution in [0.4, 0.5) is 0 Å². The van der Waals surface area contributed by atoms with E-state index in [-0.39, 0.29) is 0 Å². The van der Waals surface area contributed by atoms with Gasteiger partial charge in [0.1, 0.15) is 0 Å². The van der Waals surface area contributed by atoms with E-state index in [1.807, 2.05) is 0 Å². The molecular formula is C22H30. The minimum absolute atomic E-state index is 0.805. The zero-order chi connectivity index (χ0) is 15.4. The first kappa shape index (κ1) is 15.6. The van der Waals surface area contributed by atoms with Crippen LogP contribution in [0.5, 0.6) is 0 Å². The molecule has 0 unspecified atom stereocenters. The molecule has 0 bridgehead atoms. The fourth-order valence-electron chi connectivity index (χ4n) is 4.13. The SMILES string of the molecule is CCc1ccc(C2CCC(CC3=CCCC=C3C)CC2)cc1. The molecule has 0 amide bonds. The van der Waals surface area contributed by atoms with E-state index in [9.17, 15) is 0 Å². The molecule has 1 saturated carbocycles. The van der Waals surface area contributed by atoms with Gasteiger partial charge in [-0.2, -0.15) is 0 Å². The summed E-state index contributed by atoms with van der Waals surface area (Å²) in [6.07, 6.45) is 15.5. The van der Waals surface area contributed by atoms with Crippen LogP contribution in [0.15, 0.2) is 47.6 Å². The molecule has 3 rings (SSSR count). The van der Waals surface area contributed by atoms with Gasteiger partial charge in [0.05, 0.1) is 0 Å². The van der Waals surface area contributed by atoms with Crippen LogP contribution < -0.4 is 0 Å². The summed E-state index contributed by atoms with van der Waals surface area (Å²) in [4.78, 5) is 0. The van der Waals surface area contributed by atoms with Crippen molar-refractivity contribution in [2.24, 2.45) is 5.92 Å². The van der Waals surface area contributed by atoms with E-state index in [0.29, 0.717) is 0 Å². The van der Waals surface area contributed by atoms with Crippen molar-refractivity contribution in [3.63, 3.8) is 0 Å². The molecule has 118 valence electrons. The second kappa shape index (κ2) is 7.31. The average Bonchev–Trinajstić information content (AvgIpc) is 2.58. The van der Waals surface area contributed by atoms with Gasteiger partial charge in [0.25, 0.3) is 0 Å². The van der Waals surface area contributed by atoms with E-state index in [4.69, 9.17) is 0 Å². The highest BCUT2D eigenvalue weighted by atomic mass is 14.3. The molecular weight excluding hydrogens is 264 g/mol. The molecule has 2 aliphatic rings. The van der Waals surface area contributed by atoms with Crippen LogP contribution >= 0.6 is 0 Å². The van der Waals surface area contributed by atoms with Crippen molar-refractivity contribution in [2.45, 2.75) is 71.1 Å². The minimum Gasteiger partial charge on any atom is -0.0810 e. The van der Waals surface area contributed by atoms with E-state index in [1.165, 1.54) is 50.5 Å². The summed E-state index contributed by atoms with van der Waals surface area (Å²) in [6.45, 7) is 4.53. The average molecular weight is 294 g/mol. The van der Waals surface area contributed by atoms with Gasteiger partial charge in [0.2, 0.25) is 0 Å². The molecule has 0 atom stereocenters. The normalized spacial score (nSPS) is 25.5. The summed E-state index contributed by atoms with van der Waals surface area (Å²) < 4.78 is 0. The number of benzene rings is 1. The molecule has 1 aromatic carbocycles. The Morgan fingerprint density at radius 1 is 0.909 bits per heavy atom. The lowest BCUT2D eigenvalue weighted by atomic mass is 9.75. The number of hydrogen-bond acceptors (Lipinski definition) is 0. The summed E-state index contributed by atoms with van der Waals surface area (Å²) in [5.41, 5.74) is 6.22. The maximum Gasteiger partial charge on any atom is -0.0162 e. The fourth-order valence-corrected chi connectivity index (χ4v) is 4.13. The predicted molar refractivity (Wildman–Crippen MR) is 96.2 cm³/mol. The summed E-state index contributed by atoms with van der Waals surface area (Å²) in [5, 5.41) is 0. The largest absolute Gasteiger partial charge is 0.0810 e. The lowest BCUT2D eigenvalue weighted by Crippen LogP contribution is -2.14. The van der Waals surface area contributed by atoms with Gasteiger partial charge in [0, 0.05) is 0 Å². The molecule has 22 heavy (non-hydrogen) atoms. The van der Waals surface area contributed by atoms with Gasteiger partial charge in [-0.15, -0.1) is 0 Å². The van der Waals surface area contributed by atoms with Gasteiger partial charge in [-0.25, -0.2) is 0 Å². The van der Waals surface area contributed by atoms with Crippen LogP contribution in [0.25, 0.3) is 0 Å². The number of allylic oxidation sites excluding steroid dienone is 4. The Kier molecular flexibility index (Phi) is 5.18. The van der Waals surface area contributed by atoms with E-state index in [2.05, 4.69) is 50.3 Å². The molecule has 0 heterocycles. The number of hydrogen-bond donors (Lipinski definition) is 0. The molecule has 0 nitrogen and oxygen atoms in total. The molecule has 0 radical (unpaired) electrons. The molecule has 0 N–H and O–H groups in total. The van der Waals surface area contributed by atoms with Crippen LogP contribution in [0.2, 0.25) is 0 Å². The number of aryl methyl sites for hydroxylation is 1. The smallest absolute Gasteiger partial charge is 0.0162 e. The van der Waals surface area contributed by atoms with Crippen molar-refractivity contribution < 1.29 is 0 Å². The van der Waals surface area contributed by atoms with E-state index >= 15 is 0 Å². The highest BCUT2D eigenvalue weighted by Crippen LogP contribution is 2.39. The molecule has 0 saturated heterocycles. The number of rotatable bonds is 4. The third kappa shape index (κ3) is 3.72. The van der Waals surface area contributed by atoms with Crippen molar-refractivity contribution in [3.8, 4) is 0 Å². The standard InChI is InChI=1S/C22H30/c1-3-18-8-12-20(13-9-18)21-14-10-19(11-15-21)16-22-7-5-4-6-17(22)2/h6-9,12-13,19,21H,3-5,10-11,14-16H2,1-2H3. The minimum atomic E-state index is 0.805. The first-order valence-corrected chi connectivity index (χ1v) is 9.21. The summed E-state index contributed by atoms with van der Waals surface area (Å²) in [5.74, 6) is 1.72. The summed E-state index contributed by atoms with van der Waals surface area (Å²) >= 11 is 0. The Labute approximate surface area is 136 Å². The molecule has 0 heteroatoms. The van der Waals surface area contributed by atoms with Gasteiger partial charge in [0.15, 0.2) is 0 Å². The molecule has 1 aromatic rings. The zero-order valence-corrected chi connectivity index (χ0v) is 14.3. The van der Waals surface area contributed by atoms with Crippen molar-refractivity contribution in [1.29, 1.82) is 0 Å². The zero-order valence-electron chi connectivity index (χ0n) is 14.3. The van der Waals surface area contributed by atoms with Crippen LogP contribution in [0.3, 0.4) is 0 Å². The second-order valence-corrected chi connectivity index (χ2v) is 7.21. The first-order chi connectivity index (χ1) is 10.8. The Bertz CT molecular complexity index is 536. The van der Waals surface area contributed by atoms with E-state index in [1.54, 1.807) is 16.7 Å². The molecule has 1 fully saturated rings. The van der Waals surface area contributed by atoms with Crippen molar-refractivity contribution in [3.05, 3.63) is 58.7 Å². The molecule has 0 aliphatic heterocycles. The summed E-state index contributed by atoms with van der Waals surface area (Å²) in [6, 6.07) is 9.39. The van der Waals surface area contributed by atoms with Crippen molar-refractivity contribution >= 4 is 0 Å². The lowest BCUT2D eigenvalue weighted by Gasteiger charge is -2.30. The van der Waals surface area contributed by atoms with E-state index < -0.39 is 0 Å². The van der Waals surface area contributed by atoms with Crippen LogP contribution in [0, 0.1) is 5.92 Å². The lowest BCUT2D eigenvalue weighted by molar-refractivity contribution is 0.324. The van der Waals surface area contributed by atoms with Crippen LogP contribution in [-0.4, -0.2) is 0 Å². The van der Waals surface area contributed by atoms with Crippen LogP contribution in [-0.2, 0) is 6.42 Å². The Morgan fingerprint density at radius 2 is 1.59 bits per heavy atom. The maximum absolute atomic E-state index is 2.49. The summed E-state index contributed by atoms with van der Waals surface area (Å²) in [7, 11) is 0. The van der Waals surface area contributed by atoms with Gasteiger partial charge >= 0.3 is 0 Å². The quantitative estimate of drug-likeness (QED) is 0.588. The highest BCUT2D eigenvalue weighted by molar-refractivity contribution is 5.32. The molecule has 0 spiro atoms. The van der Waals surface area contributed by atoms with Gasteiger partial charge in [-0.1, -0.05) is 48.9 Å². The van der Waals surface area contributed by atoms with Gasteiger partial charge in [-0.3, -0.25) is 0 Å². The Morgan fingerprint density at radius 3 is 2.23 bits per heavy atom. The van der Waals surface area contributed by atoms with E-state index in [0.717, 1.165) is 18.3 Å². The third-order valence-corrected chi connectivity index (χ3v) is 5.73. The highest BCUT2D eigenvalue weighted by Gasteiger charge is 2.23. The van der Waals surface area contributed by atoms with Gasteiger partial charge < -0.3 is 0 Å². The second-order valence-electron chi connectivity index (χ2n) is 7.21. The fraction of sp³-hybridized carbons (Fsp3) is 0.545. The molecule has 2 aliphatic carbocycles. The monoisotopic (exact) mass is 294 g/mol.